The van der Waals surface area contributed by atoms with Crippen molar-refractivity contribution in [2.75, 3.05) is 0 Å². The van der Waals surface area contributed by atoms with E-state index in [1.54, 1.807) is 6.07 Å². The van der Waals surface area contributed by atoms with Crippen LogP contribution in [0, 0.1) is 19.7 Å². The number of aromatic nitrogens is 1. The molecule has 2 aromatic heterocycles. The van der Waals surface area contributed by atoms with Gasteiger partial charge in [-0.3, -0.25) is 0 Å². The molecule has 3 heteroatoms. The van der Waals surface area contributed by atoms with Crippen molar-refractivity contribution in [2.24, 2.45) is 7.05 Å². The molecule has 0 aliphatic heterocycles. The van der Waals surface area contributed by atoms with Gasteiger partial charge in [-0.05, 0) is 49.2 Å². The monoisotopic (exact) mass is 306 g/mol. The number of fused-ring (bicyclic) bond motifs is 3. The third-order valence-electron chi connectivity index (χ3n) is 4.36. The number of benzene rings is 2. The smallest absolute Gasteiger partial charge is 0.212 e. The summed E-state index contributed by atoms with van der Waals surface area (Å²) >= 11 is 0. The van der Waals surface area contributed by atoms with Gasteiger partial charge in [-0.25, -0.2) is 8.96 Å². The largest absolute Gasteiger partial charge is 0.456 e. The second kappa shape index (κ2) is 4.92. The van der Waals surface area contributed by atoms with E-state index in [0.717, 1.165) is 27.6 Å². The first-order valence-electron chi connectivity index (χ1n) is 7.62. The van der Waals surface area contributed by atoms with Gasteiger partial charge >= 0.3 is 0 Å². The number of nitrogens with zero attached hydrogens (tertiary/aromatic N) is 1. The van der Waals surface area contributed by atoms with Crippen molar-refractivity contribution >= 4 is 21.9 Å². The van der Waals surface area contributed by atoms with Crippen LogP contribution >= 0.6 is 0 Å². The van der Waals surface area contributed by atoms with E-state index >= 15 is 0 Å². The minimum Gasteiger partial charge on any atom is -0.456 e. The molecule has 0 unspecified atom stereocenters. The van der Waals surface area contributed by atoms with Gasteiger partial charge in [-0.2, -0.15) is 0 Å². The normalized spacial score (nSPS) is 11.5. The fourth-order valence-electron chi connectivity index (χ4n) is 3.12. The molecule has 0 atom stereocenters. The first kappa shape index (κ1) is 13.9. The Balaban J connectivity index is 2.03. The summed E-state index contributed by atoms with van der Waals surface area (Å²) in [5, 5.41) is 1.97. The lowest BCUT2D eigenvalue weighted by Crippen LogP contribution is -2.30. The van der Waals surface area contributed by atoms with E-state index in [1.165, 1.54) is 23.3 Å². The summed E-state index contributed by atoms with van der Waals surface area (Å²) in [6, 6.07) is 13.1. The van der Waals surface area contributed by atoms with Crippen LogP contribution in [0.15, 0.2) is 53.1 Å². The second-order valence-corrected chi connectivity index (χ2v) is 6.11. The first-order chi connectivity index (χ1) is 11.0. The highest BCUT2D eigenvalue weighted by molar-refractivity contribution is 6.06. The molecule has 0 amide bonds. The molecule has 0 saturated carbocycles. The van der Waals surface area contributed by atoms with E-state index in [1.807, 2.05) is 7.05 Å². The highest BCUT2D eigenvalue weighted by Crippen LogP contribution is 2.34. The van der Waals surface area contributed by atoms with Crippen LogP contribution < -0.4 is 4.57 Å². The number of furan rings is 1. The minimum atomic E-state index is -0.279. The number of rotatable bonds is 1. The summed E-state index contributed by atoms with van der Waals surface area (Å²) in [4.78, 5) is 0. The fourth-order valence-corrected chi connectivity index (χ4v) is 3.12. The van der Waals surface area contributed by atoms with Gasteiger partial charge in [-0.1, -0.05) is 0 Å². The molecule has 0 fully saturated rings. The Bertz CT molecular complexity index is 1060. The zero-order chi connectivity index (χ0) is 16.1. The average molecular weight is 306 g/mol. The van der Waals surface area contributed by atoms with Crippen LogP contribution in [0.5, 0.6) is 0 Å². The number of halogens is 1. The van der Waals surface area contributed by atoms with Crippen LogP contribution in [-0.2, 0) is 7.05 Å². The van der Waals surface area contributed by atoms with Crippen molar-refractivity contribution in [2.45, 2.75) is 13.8 Å². The Kier molecular flexibility index (Phi) is 2.98. The van der Waals surface area contributed by atoms with Crippen molar-refractivity contribution in [3.8, 4) is 11.3 Å². The van der Waals surface area contributed by atoms with Crippen LogP contribution in [0.2, 0.25) is 0 Å². The van der Waals surface area contributed by atoms with Gasteiger partial charge in [0.1, 0.15) is 24.0 Å². The summed E-state index contributed by atoms with van der Waals surface area (Å²) < 4.78 is 21.4. The Morgan fingerprint density at radius 1 is 0.913 bits per heavy atom. The third-order valence-corrected chi connectivity index (χ3v) is 4.36. The second-order valence-electron chi connectivity index (χ2n) is 6.11. The molecule has 0 radical (unpaired) electrons. The van der Waals surface area contributed by atoms with Gasteiger partial charge in [0.25, 0.3) is 0 Å². The van der Waals surface area contributed by atoms with E-state index in [9.17, 15) is 4.39 Å². The standard InChI is InChI=1S/C20H17FNO/c1-12-6-7-22(3)18(8-12)16-11-20-17(9-13(16)2)15-5-4-14(21)10-19(15)23-20/h4-11H,1-3H3/q+1. The molecule has 4 rings (SSSR count). The fraction of sp³-hybridized carbons (Fsp3) is 0.150. The molecule has 4 aromatic rings. The Labute approximate surface area is 133 Å². The van der Waals surface area contributed by atoms with Gasteiger partial charge in [0, 0.05) is 29.0 Å². The predicted octanol–water partition coefficient (Wildman–Crippen LogP) is 4.83. The number of hydrogen-bond donors (Lipinski definition) is 0. The van der Waals surface area contributed by atoms with Crippen LogP contribution in [0.25, 0.3) is 33.2 Å². The number of pyridine rings is 1. The van der Waals surface area contributed by atoms with Crippen LogP contribution in [-0.4, -0.2) is 0 Å². The van der Waals surface area contributed by atoms with Crippen molar-refractivity contribution < 1.29 is 13.4 Å². The van der Waals surface area contributed by atoms with Gasteiger partial charge < -0.3 is 4.42 Å². The summed E-state index contributed by atoms with van der Waals surface area (Å²) in [5.74, 6) is -0.279. The molecular weight excluding hydrogens is 289 g/mol. The summed E-state index contributed by atoms with van der Waals surface area (Å²) in [6.45, 7) is 4.18. The Morgan fingerprint density at radius 3 is 2.52 bits per heavy atom. The molecule has 0 aliphatic carbocycles. The quantitative estimate of drug-likeness (QED) is 0.460. The van der Waals surface area contributed by atoms with Crippen molar-refractivity contribution in [3.05, 3.63) is 65.6 Å². The van der Waals surface area contributed by atoms with Gasteiger partial charge in [0.2, 0.25) is 5.69 Å². The Morgan fingerprint density at radius 2 is 1.70 bits per heavy atom. The van der Waals surface area contributed by atoms with E-state index in [2.05, 4.69) is 48.9 Å². The molecule has 2 nitrogen and oxygen atoms in total. The van der Waals surface area contributed by atoms with Crippen molar-refractivity contribution in [1.82, 2.24) is 0 Å². The van der Waals surface area contributed by atoms with Gasteiger partial charge in [-0.15, -0.1) is 0 Å². The molecule has 23 heavy (non-hydrogen) atoms. The van der Waals surface area contributed by atoms with E-state index in [0.29, 0.717) is 5.58 Å². The predicted molar refractivity (Wildman–Crippen MR) is 89.8 cm³/mol. The molecule has 0 bridgehead atoms. The zero-order valence-corrected chi connectivity index (χ0v) is 13.4. The highest BCUT2D eigenvalue weighted by atomic mass is 19.1. The molecule has 114 valence electrons. The summed E-state index contributed by atoms with van der Waals surface area (Å²) in [6.07, 6.45) is 2.06. The lowest BCUT2D eigenvalue weighted by Gasteiger charge is -2.05. The summed E-state index contributed by atoms with van der Waals surface area (Å²) in [7, 11) is 2.03. The maximum absolute atomic E-state index is 13.4. The molecule has 0 aliphatic rings. The molecule has 0 N–H and O–H groups in total. The number of aryl methyl sites for hydroxylation is 3. The number of hydrogen-bond acceptors (Lipinski definition) is 1. The van der Waals surface area contributed by atoms with E-state index in [-0.39, 0.29) is 5.82 Å². The zero-order valence-electron chi connectivity index (χ0n) is 13.4. The van der Waals surface area contributed by atoms with Gasteiger partial charge in [0.15, 0.2) is 6.20 Å². The lowest BCUT2D eigenvalue weighted by molar-refractivity contribution is -0.660. The van der Waals surface area contributed by atoms with Crippen molar-refractivity contribution in [1.29, 1.82) is 0 Å². The first-order valence-corrected chi connectivity index (χ1v) is 7.62. The maximum atomic E-state index is 13.4. The summed E-state index contributed by atoms with van der Waals surface area (Å²) in [5.41, 5.74) is 6.02. The van der Waals surface area contributed by atoms with Crippen LogP contribution in [0.1, 0.15) is 11.1 Å². The average Bonchev–Trinajstić information content (AvgIpc) is 2.85. The molecule has 0 spiro atoms. The molecule has 2 heterocycles. The van der Waals surface area contributed by atoms with Crippen LogP contribution in [0.4, 0.5) is 4.39 Å². The van der Waals surface area contributed by atoms with E-state index in [4.69, 9.17) is 4.42 Å². The molecule has 0 saturated heterocycles. The SMILES string of the molecule is Cc1cc[n+](C)c(-c2cc3oc4cc(F)ccc4c3cc2C)c1. The lowest BCUT2D eigenvalue weighted by atomic mass is 10.0. The molecular formula is C20H17FNO+. The van der Waals surface area contributed by atoms with Crippen molar-refractivity contribution in [3.63, 3.8) is 0 Å². The van der Waals surface area contributed by atoms with Crippen LogP contribution in [0.3, 0.4) is 0 Å². The highest BCUT2D eigenvalue weighted by Gasteiger charge is 2.16. The minimum absolute atomic E-state index is 0.279. The van der Waals surface area contributed by atoms with E-state index < -0.39 is 0 Å². The topological polar surface area (TPSA) is 17.0 Å². The Hall–Kier alpha value is -2.68. The molecule has 2 aromatic carbocycles. The van der Waals surface area contributed by atoms with Gasteiger partial charge in [0.05, 0.1) is 5.56 Å². The maximum Gasteiger partial charge on any atom is 0.212 e. The third kappa shape index (κ3) is 2.20.